The van der Waals surface area contributed by atoms with E-state index in [0.29, 0.717) is 22.7 Å². The molecule has 3 aromatic carbocycles. The van der Waals surface area contributed by atoms with E-state index in [-0.39, 0.29) is 11.0 Å². The van der Waals surface area contributed by atoms with E-state index in [1.165, 1.54) is 0 Å². The fourth-order valence-electron chi connectivity index (χ4n) is 3.12. The Hall–Kier alpha value is -3.49. The molecule has 4 aromatic rings. The molecule has 32 heavy (non-hydrogen) atoms. The molecule has 7 nitrogen and oxygen atoms in total. The molecule has 0 aliphatic carbocycles. The van der Waals surface area contributed by atoms with Crippen molar-refractivity contribution in [3.05, 3.63) is 76.8 Å². The van der Waals surface area contributed by atoms with Gasteiger partial charge in [0.15, 0.2) is 5.11 Å². The summed E-state index contributed by atoms with van der Waals surface area (Å²) in [5, 5.41) is 15.5. The van der Waals surface area contributed by atoms with Crippen molar-refractivity contribution in [2.45, 2.75) is 13.8 Å². The third kappa shape index (κ3) is 4.87. The highest BCUT2D eigenvalue weighted by Gasteiger charge is 2.12. The summed E-state index contributed by atoms with van der Waals surface area (Å²) in [6.45, 7) is 4.48. The third-order valence-electron chi connectivity index (χ3n) is 4.67. The molecule has 0 radical (unpaired) electrons. The van der Waals surface area contributed by atoms with Gasteiger partial charge < -0.3 is 10.1 Å². The zero-order chi connectivity index (χ0) is 22.7. The molecule has 0 saturated carbocycles. The fourth-order valence-corrected chi connectivity index (χ4v) is 3.51. The fraction of sp³-hybridized carbons (Fsp3) is 0.130. The van der Waals surface area contributed by atoms with Crippen LogP contribution in [0.3, 0.4) is 0 Å². The summed E-state index contributed by atoms with van der Waals surface area (Å²) in [6.07, 6.45) is 0. The van der Waals surface area contributed by atoms with Gasteiger partial charge in [-0.15, -0.1) is 10.2 Å². The van der Waals surface area contributed by atoms with Gasteiger partial charge in [0, 0.05) is 16.3 Å². The van der Waals surface area contributed by atoms with E-state index in [1.807, 2.05) is 50.2 Å². The highest BCUT2D eigenvalue weighted by molar-refractivity contribution is 7.80. The van der Waals surface area contributed by atoms with Crippen LogP contribution in [0.5, 0.6) is 5.75 Å². The molecular weight excluding hydrogens is 446 g/mol. The van der Waals surface area contributed by atoms with Gasteiger partial charge in [0.05, 0.1) is 12.3 Å². The minimum Gasteiger partial charge on any atom is -0.494 e. The molecule has 4 rings (SSSR count). The van der Waals surface area contributed by atoms with Crippen LogP contribution >= 0.6 is 23.8 Å². The van der Waals surface area contributed by atoms with Crippen LogP contribution in [0.1, 0.15) is 22.8 Å². The van der Waals surface area contributed by atoms with Crippen molar-refractivity contribution in [3.63, 3.8) is 0 Å². The molecule has 0 spiro atoms. The molecule has 0 aliphatic heterocycles. The molecule has 1 aromatic heterocycles. The number of benzene rings is 3. The van der Waals surface area contributed by atoms with Crippen LogP contribution in [-0.2, 0) is 0 Å². The summed E-state index contributed by atoms with van der Waals surface area (Å²) in [5.41, 5.74) is 4.32. The Balaban J connectivity index is 1.51. The molecule has 1 amide bonds. The van der Waals surface area contributed by atoms with Crippen LogP contribution < -0.4 is 15.4 Å². The van der Waals surface area contributed by atoms with Crippen molar-refractivity contribution in [1.82, 2.24) is 20.3 Å². The first-order chi connectivity index (χ1) is 15.4. The van der Waals surface area contributed by atoms with Crippen LogP contribution in [0.25, 0.3) is 16.7 Å². The van der Waals surface area contributed by atoms with Gasteiger partial charge in [-0.2, -0.15) is 4.80 Å². The van der Waals surface area contributed by atoms with E-state index in [1.54, 1.807) is 29.1 Å². The lowest BCUT2D eigenvalue weighted by Gasteiger charge is -2.11. The van der Waals surface area contributed by atoms with Gasteiger partial charge >= 0.3 is 0 Å². The first-order valence-electron chi connectivity index (χ1n) is 9.92. The number of carbonyl (C=O) groups excluding carboxylic acids is 1. The van der Waals surface area contributed by atoms with Gasteiger partial charge in [0.1, 0.15) is 16.8 Å². The quantitative estimate of drug-likeness (QED) is 0.408. The van der Waals surface area contributed by atoms with Gasteiger partial charge in [0.2, 0.25) is 0 Å². The van der Waals surface area contributed by atoms with Crippen LogP contribution in [0.2, 0.25) is 5.02 Å². The largest absolute Gasteiger partial charge is 0.494 e. The maximum Gasteiger partial charge on any atom is 0.257 e. The van der Waals surface area contributed by atoms with E-state index in [0.717, 1.165) is 28.2 Å². The number of hydrogen-bond donors (Lipinski definition) is 2. The maximum atomic E-state index is 12.4. The predicted octanol–water partition coefficient (Wildman–Crippen LogP) is 4.91. The number of halogens is 1. The number of carbonyl (C=O) groups is 1. The van der Waals surface area contributed by atoms with Gasteiger partial charge in [-0.3, -0.25) is 10.1 Å². The topological polar surface area (TPSA) is 81.1 Å². The first-order valence-corrected chi connectivity index (χ1v) is 10.7. The van der Waals surface area contributed by atoms with E-state index in [9.17, 15) is 4.79 Å². The van der Waals surface area contributed by atoms with Gasteiger partial charge in [-0.1, -0.05) is 17.7 Å². The van der Waals surface area contributed by atoms with Gasteiger partial charge in [-0.25, -0.2) is 0 Å². The number of fused-ring (bicyclic) bond motifs is 1. The molecule has 2 N–H and O–H groups in total. The Morgan fingerprint density at radius 3 is 2.50 bits per heavy atom. The average Bonchev–Trinajstić information content (AvgIpc) is 3.17. The molecule has 9 heteroatoms. The smallest absolute Gasteiger partial charge is 0.257 e. The number of rotatable bonds is 5. The number of ether oxygens (including phenoxy) is 1. The first kappa shape index (κ1) is 21.7. The lowest BCUT2D eigenvalue weighted by atomic mass is 10.2. The van der Waals surface area contributed by atoms with Crippen LogP contribution in [0.4, 0.5) is 5.69 Å². The Labute approximate surface area is 195 Å². The molecular formula is C23H20ClN5O2S. The predicted molar refractivity (Wildman–Crippen MR) is 130 cm³/mol. The van der Waals surface area contributed by atoms with Crippen molar-refractivity contribution >= 4 is 51.6 Å². The van der Waals surface area contributed by atoms with Gasteiger partial charge in [-0.05, 0) is 86.2 Å². The number of hydrogen-bond acceptors (Lipinski definition) is 5. The molecule has 1 heterocycles. The summed E-state index contributed by atoms with van der Waals surface area (Å²) in [4.78, 5) is 14.0. The number of thiocarbonyl (C=S) groups is 1. The Morgan fingerprint density at radius 2 is 1.81 bits per heavy atom. The number of aromatic nitrogens is 3. The number of anilines is 1. The van der Waals surface area contributed by atoms with Crippen molar-refractivity contribution in [2.75, 3.05) is 11.9 Å². The summed E-state index contributed by atoms with van der Waals surface area (Å²) in [5.74, 6) is 0.453. The standard InChI is InChI=1S/C23H20ClN5O2S/c1-3-31-18-9-7-17(8-10-18)29-27-20-11-14(2)19(13-21(20)28-29)25-23(32)26-22(30)15-5-4-6-16(24)12-15/h4-13H,3H2,1-2H3,(H2,25,26,30,32). The highest BCUT2D eigenvalue weighted by Crippen LogP contribution is 2.23. The van der Waals surface area contributed by atoms with Crippen molar-refractivity contribution in [2.24, 2.45) is 0 Å². The summed E-state index contributed by atoms with van der Waals surface area (Å²) in [7, 11) is 0. The second-order valence-electron chi connectivity index (χ2n) is 6.99. The van der Waals surface area contributed by atoms with Crippen LogP contribution in [0.15, 0.2) is 60.7 Å². The van der Waals surface area contributed by atoms with E-state index in [2.05, 4.69) is 20.8 Å². The van der Waals surface area contributed by atoms with E-state index in [4.69, 9.17) is 28.6 Å². The molecule has 0 bridgehead atoms. The lowest BCUT2D eigenvalue weighted by Crippen LogP contribution is -2.34. The third-order valence-corrected chi connectivity index (χ3v) is 5.11. The summed E-state index contributed by atoms with van der Waals surface area (Å²) < 4.78 is 5.48. The SMILES string of the molecule is CCOc1ccc(-n2nc3cc(C)c(NC(=S)NC(=O)c4cccc(Cl)c4)cc3n2)cc1. The average molecular weight is 466 g/mol. The van der Waals surface area contributed by atoms with E-state index >= 15 is 0 Å². The monoisotopic (exact) mass is 465 g/mol. The molecule has 162 valence electrons. The number of amides is 1. The summed E-state index contributed by atoms with van der Waals surface area (Å²) >= 11 is 11.3. The Morgan fingerprint density at radius 1 is 1.09 bits per heavy atom. The molecule has 0 atom stereocenters. The van der Waals surface area contributed by atoms with Crippen LogP contribution in [-0.4, -0.2) is 32.6 Å². The Bertz CT molecular complexity index is 1300. The minimum atomic E-state index is -0.342. The molecule has 0 saturated heterocycles. The zero-order valence-electron chi connectivity index (χ0n) is 17.4. The summed E-state index contributed by atoms with van der Waals surface area (Å²) in [6, 6.07) is 18.0. The van der Waals surface area contributed by atoms with Crippen molar-refractivity contribution < 1.29 is 9.53 Å². The maximum absolute atomic E-state index is 12.4. The van der Waals surface area contributed by atoms with Gasteiger partial charge in [0.25, 0.3) is 5.91 Å². The Kier molecular flexibility index (Phi) is 6.34. The molecule has 0 fully saturated rings. The number of nitrogens with one attached hydrogen (secondary N) is 2. The minimum absolute atomic E-state index is 0.177. The number of nitrogens with zero attached hydrogens (tertiary/aromatic N) is 3. The lowest BCUT2D eigenvalue weighted by molar-refractivity contribution is 0.0977. The van der Waals surface area contributed by atoms with Crippen LogP contribution in [0, 0.1) is 6.92 Å². The second kappa shape index (κ2) is 9.33. The molecule has 0 aliphatic rings. The second-order valence-corrected chi connectivity index (χ2v) is 7.84. The highest BCUT2D eigenvalue weighted by atomic mass is 35.5. The molecule has 0 unspecified atom stereocenters. The zero-order valence-corrected chi connectivity index (χ0v) is 19.0. The normalized spacial score (nSPS) is 10.7. The number of aryl methyl sites for hydroxylation is 1. The van der Waals surface area contributed by atoms with Crippen molar-refractivity contribution in [1.29, 1.82) is 0 Å². The van der Waals surface area contributed by atoms with E-state index < -0.39 is 0 Å². The van der Waals surface area contributed by atoms with Crippen molar-refractivity contribution in [3.8, 4) is 11.4 Å².